The standard InChI is InChI=1S/C9H12BrN3O3/c1-12(4-3-7(14)15)6-5-11-13(2)9(16)8(6)10/h5H,3-4H2,1-2H3,(H,14,15). The number of nitrogens with zero attached hydrogens (tertiary/aromatic N) is 3. The summed E-state index contributed by atoms with van der Waals surface area (Å²) in [7, 11) is 3.26. The van der Waals surface area contributed by atoms with Crippen molar-refractivity contribution in [3.8, 4) is 0 Å². The molecule has 0 aliphatic carbocycles. The van der Waals surface area contributed by atoms with Gasteiger partial charge in [0, 0.05) is 20.6 Å². The molecule has 0 bridgehead atoms. The molecular weight excluding hydrogens is 278 g/mol. The number of carbonyl (C=O) groups is 1. The third-order valence-corrected chi connectivity index (χ3v) is 2.88. The molecule has 0 spiro atoms. The van der Waals surface area contributed by atoms with Crippen molar-refractivity contribution in [2.45, 2.75) is 6.42 Å². The van der Waals surface area contributed by atoms with Crippen LogP contribution < -0.4 is 10.5 Å². The van der Waals surface area contributed by atoms with Gasteiger partial charge in [-0.15, -0.1) is 0 Å². The van der Waals surface area contributed by atoms with Gasteiger partial charge in [-0.05, 0) is 15.9 Å². The maximum atomic E-state index is 11.5. The molecule has 1 aromatic heterocycles. The van der Waals surface area contributed by atoms with Crippen LogP contribution in [0.3, 0.4) is 0 Å². The third-order valence-electron chi connectivity index (χ3n) is 2.13. The third kappa shape index (κ3) is 2.82. The van der Waals surface area contributed by atoms with E-state index >= 15 is 0 Å². The minimum atomic E-state index is -0.875. The molecule has 1 aromatic rings. The van der Waals surface area contributed by atoms with Gasteiger partial charge in [-0.3, -0.25) is 9.59 Å². The predicted molar refractivity (Wildman–Crippen MR) is 62.7 cm³/mol. The van der Waals surface area contributed by atoms with Crippen molar-refractivity contribution in [3.63, 3.8) is 0 Å². The highest BCUT2D eigenvalue weighted by Crippen LogP contribution is 2.19. The molecule has 1 heterocycles. The fourth-order valence-electron chi connectivity index (χ4n) is 1.15. The van der Waals surface area contributed by atoms with Gasteiger partial charge >= 0.3 is 5.97 Å². The number of hydrogen-bond donors (Lipinski definition) is 1. The van der Waals surface area contributed by atoms with Crippen molar-refractivity contribution >= 4 is 27.6 Å². The normalized spacial score (nSPS) is 10.2. The molecule has 0 fully saturated rings. The van der Waals surface area contributed by atoms with Crippen molar-refractivity contribution < 1.29 is 9.90 Å². The van der Waals surface area contributed by atoms with E-state index in [-0.39, 0.29) is 12.0 Å². The second kappa shape index (κ2) is 5.11. The lowest BCUT2D eigenvalue weighted by Crippen LogP contribution is -2.27. The Bertz CT molecular complexity index is 458. The van der Waals surface area contributed by atoms with Gasteiger partial charge in [-0.2, -0.15) is 5.10 Å². The first-order valence-corrected chi connectivity index (χ1v) is 5.37. The van der Waals surface area contributed by atoms with Crippen LogP contribution in [0.25, 0.3) is 0 Å². The lowest BCUT2D eigenvalue weighted by atomic mass is 10.3. The summed E-state index contributed by atoms with van der Waals surface area (Å²) < 4.78 is 1.59. The summed E-state index contributed by atoms with van der Waals surface area (Å²) in [5.41, 5.74) is 0.337. The molecule has 7 heteroatoms. The smallest absolute Gasteiger partial charge is 0.305 e. The molecule has 6 nitrogen and oxygen atoms in total. The number of hydrogen-bond acceptors (Lipinski definition) is 4. The molecule has 0 unspecified atom stereocenters. The molecule has 0 amide bonds. The van der Waals surface area contributed by atoms with Crippen molar-refractivity contribution in [2.75, 3.05) is 18.5 Å². The van der Waals surface area contributed by atoms with E-state index in [2.05, 4.69) is 21.0 Å². The monoisotopic (exact) mass is 289 g/mol. The molecule has 0 aromatic carbocycles. The molecule has 0 atom stereocenters. The summed E-state index contributed by atoms with van der Waals surface area (Å²) in [5.74, 6) is -0.875. The summed E-state index contributed by atoms with van der Waals surface area (Å²) >= 11 is 3.18. The number of carboxylic acid groups (broad SMARTS) is 1. The summed E-state index contributed by atoms with van der Waals surface area (Å²) in [6, 6.07) is 0. The number of rotatable bonds is 4. The van der Waals surface area contributed by atoms with Crippen LogP contribution in [-0.2, 0) is 11.8 Å². The molecule has 0 aliphatic rings. The lowest BCUT2D eigenvalue weighted by Gasteiger charge is -2.19. The van der Waals surface area contributed by atoms with E-state index in [1.165, 1.54) is 10.9 Å². The van der Waals surface area contributed by atoms with E-state index in [0.717, 1.165) is 0 Å². The Hall–Kier alpha value is -1.37. The number of carboxylic acids is 1. The average molecular weight is 290 g/mol. The van der Waals surface area contributed by atoms with Crippen LogP contribution in [0.5, 0.6) is 0 Å². The van der Waals surface area contributed by atoms with Crippen LogP contribution in [0.4, 0.5) is 5.69 Å². The average Bonchev–Trinajstić information content (AvgIpc) is 2.23. The molecule has 0 aliphatic heterocycles. The van der Waals surface area contributed by atoms with Gasteiger partial charge < -0.3 is 10.0 Å². The first-order chi connectivity index (χ1) is 7.43. The second-order valence-electron chi connectivity index (χ2n) is 3.34. The lowest BCUT2D eigenvalue weighted by molar-refractivity contribution is -0.136. The largest absolute Gasteiger partial charge is 0.481 e. The topological polar surface area (TPSA) is 75.4 Å². The van der Waals surface area contributed by atoms with E-state index < -0.39 is 5.97 Å². The van der Waals surface area contributed by atoms with Crippen LogP contribution >= 0.6 is 15.9 Å². The quantitative estimate of drug-likeness (QED) is 0.871. The summed E-state index contributed by atoms with van der Waals surface area (Å²) in [6.07, 6.45) is 1.53. The highest BCUT2D eigenvalue weighted by molar-refractivity contribution is 9.10. The highest BCUT2D eigenvalue weighted by atomic mass is 79.9. The predicted octanol–water partition coefficient (Wildman–Crippen LogP) is 0.454. The first-order valence-electron chi connectivity index (χ1n) is 4.58. The Morgan fingerprint density at radius 2 is 2.31 bits per heavy atom. The first kappa shape index (κ1) is 12.7. The molecule has 16 heavy (non-hydrogen) atoms. The molecule has 88 valence electrons. The fraction of sp³-hybridized carbons (Fsp3) is 0.444. The summed E-state index contributed by atoms with van der Waals surface area (Å²) in [5, 5.41) is 12.4. The number of anilines is 1. The van der Waals surface area contributed by atoms with Crippen molar-refractivity contribution in [1.82, 2.24) is 9.78 Å². The minimum absolute atomic E-state index is 0.0121. The van der Waals surface area contributed by atoms with E-state index in [4.69, 9.17) is 5.11 Å². The zero-order valence-corrected chi connectivity index (χ0v) is 10.6. The second-order valence-corrected chi connectivity index (χ2v) is 4.13. The molecule has 1 N–H and O–H groups in total. The maximum absolute atomic E-state index is 11.5. The van der Waals surface area contributed by atoms with Crippen LogP contribution in [0.15, 0.2) is 15.5 Å². The van der Waals surface area contributed by atoms with Gasteiger partial charge in [0.15, 0.2) is 0 Å². The Morgan fingerprint density at radius 1 is 1.69 bits per heavy atom. The molecule has 0 radical (unpaired) electrons. The molecular formula is C9H12BrN3O3. The van der Waals surface area contributed by atoms with E-state index in [0.29, 0.717) is 16.7 Å². The Morgan fingerprint density at radius 3 is 2.88 bits per heavy atom. The van der Waals surface area contributed by atoms with Gasteiger partial charge in [-0.1, -0.05) is 0 Å². The zero-order chi connectivity index (χ0) is 12.3. The van der Waals surface area contributed by atoms with Crippen molar-refractivity contribution in [1.29, 1.82) is 0 Å². The number of aliphatic carboxylic acids is 1. The number of halogens is 1. The van der Waals surface area contributed by atoms with Gasteiger partial charge in [0.2, 0.25) is 0 Å². The summed E-state index contributed by atoms with van der Waals surface area (Å²) in [4.78, 5) is 23.6. The van der Waals surface area contributed by atoms with Crippen LogP contribution in [-0.4, -0.2) is 34.4 Å². The van der Waals surface area contributed by atoms with Gasteiger partial charge in [0.05, 0.1) is 18.3 Å². The van der Waals surface area contributed by atoms with Gasteiger partial charge in [0.25, 0.3) is 5.56 Å². The highest BCUT2D eigenvalue weighted by Gasteiger charge is 2.11. The van der Waals surface area contributed by atoms with Crippen LogP contribution in [0.2, 0.25) is 0 Å². The Labute approximate surface area is 101 Å². The van der Waals surface area contributed by atoms with E-state index in [9.17, 15) is 9.59 Å². The zero-order valence-electron chi connectivity index (χ0n) is 8.97. The van der Waals surface area contributed by atoms with Crippen LogP contribution in [0.1, 0.15) is 6.42 Å². The van der Waals surface area contributed by atoms with Gasteiger partial charge in [-0.25, -0.2) is 4.68 Å². The van der Waals surface area contributed by atoms with Gasteiger partial charge in [0.1, 0.15) is 4.47 Å². The molecule has 0 saturated carbocycles. The maximum Gasteiger partial charge on any atom is 0.305 e. The molecule has 0 saturated heterocycles. The van der Waals surface area contributed by atoms with E-state index in [1.807, 2.05) is 0 Å². The Balaban J connectivity index is 2.92. The fourth-order valence-corrected chi connectivity index (χ4v) is 1.81. The SMILES string of the molecule is CN(CCC(=O)O)c1cnn(C)c(=O)c1Br. The minimum Gasteiger partial charge on any atom is -0.481 e. The summed E-state index contributed by atoms with van der Waals surface area (Å²) in [6.45, 7) is 0.322. The van der Waals surface area contributed by atoms with Crippen molar-refractivity contribution in [3.05, 3.63) is 21.0 Å². The number of aromatic nitrogens is 2. The van der Waals surface area contributed by atoms with Crippen LogP contribution in [0, 0.1) is 0 Å². The number of aryl methyl sites for hydroxylation is 1. The molecule has 1 rings (SSSR count). The van der Waals surface area contributed by atoms with E-state index in [1.54, 1.807) is 19.0 Å². The van der Waals surface area contributed by atoms with Crippen molar-refractivity contribution in [2.24, 2.45) is 7.05 Å². The Kier molecular flexibility index (Phi) is 4.05.